The van der Waals surface area contributed by atoms with Crippen LogP contribution in [0.3, 0.4) is 0 Å². The maximum Gasteiger partial charge on any atom is 0.426 e. The van der Waals surface area contributed by atoms with Gasteiger partial charge in [0.2, 0.25) is 0 Å². The molecule has 5 unspecified atom stereocenters. The third kappa shape index (κ3) is 12.3. The highest BCUT2D eigenvalue weighted by atomic mass is 33.1. The van der Waals surface area contributed by atoms with E-state index in [1.807, 2.05) is 21.6 Å². The summed E-state index contributed by atoms with van der Waals surface area (Å²) < 4.78 is 98.6. The van der Waals surface area contributed by atoms with Crippen LogP contribution in [-0.4, -0.2) is 93.6 Å². The van der Waals surface area contributed by atoms with Crippen LogP contribution in [-0.2, 0) is 25.6 Å². The summed E-state index contributed by atoms with van der Waals surface area (Å²) in [5, 5.41) is 0. The van der Waals surface area contributed by atoms with Gasteiger partial charge in [0.1, 0.15) is 5.75 Å². The lowest BCUT2D eigenvalue weighted by Gasteiger charge is -2.50. The molecule has 4 N–H and O–H groups in total. The number of alkyl halides is 6. The summed E-state index contributed by atoms with van der Waals surface area (Å²) in [7, 11) is 5.87. The van der Waals surface area contributed by atoms with Gasteiger partial charge in [0.05, 0.1) is 32.5 Å². The number of nitrogens with zero attached hydrogens (tertiary/aromatic N) is 1. The van der Waals surface area contributed by atoms with Gasteiger partial charge in [-0.05, 0) is 137 Å². The maximum absolute atomic E-state index is 13.6. The van der Waals surface area contributed by atoms with Gasteiger partial charge < -0.3 is 28.8 Å². The molecule has 8 nitrogen and oxygen atoms in total. The maximum atomic E-state index is 13.6. The molecule has 4 rings (SSSR count). The second-order valence-electron chi connectivity index (χ2n) is 15.9. The summed E-state index contributed by atoms with van der Waals surface area (Å²) in [6.45, 7) is 6.55. The van der Waals surface area contributed by atoms with Crippen LogP contribution in [0.5, 0.6) is 5.75 Å². The van der Waals surface area contributed by atoms with Crippen molar-refractivity contribution < 1.29 is 50.2 Å². The van der Waals surface area contributed by atoms with Crippen molar-refractivity contribution >= 4 is 21.6 Å². The van der Waals surface area contributed by atoms with Crippen LogP contribution in [0.1, 0.15) is 102 Å². The van der Waals surface area contributed by atoms with E-state index >= 15 is 0 Å². The zero-order valence-electron chi connectivity index (χ0n) is 32.7. The molecule has 0 aliphatic heterocycles. The average Bonchev–Trinajstić information content (AvgIpc) is 3.47. The van der Waals surface area contributed by atoms with Crippen LogP contribution < -0.4 is 16.5 Å². The predicted octanol–water partition coefficient (Wildman–Crippen LogP) is 9.26. The lowest BCUT2D eigenvalue weighted by Crippen LogP contribution is -2.58. The quantitative estimate of drug-likeness (QED) is 0.0430. The molecule has 2 saturated carbocycles. The van der Waals surface area contributed by atoms with E-state index in [4.69, 9.17) is 30.9 Å². The molecule has 0 bridgehead atoms. The highest BCUT2D eigenvalue weighted by molar-refractivity contribution is 8.76. The molecule has 16 heteroatoms. The highest BCUT2D eigenvalue weighted by Gasteiger charge is 2.71. The first-order valence-electron chi connectivity index (χ1n) is 19.9. The van der Waals surface area contributed by atoms with Gasteiger partial charge in [0.15, 0.2) is 0 Å². The van der Waals surface area contributed by atoms with Gasteiger partial charge in [-0.3, -0.25) is 0 Å². The molecule has 1 aromatic carbocycles. The van der Waals surface area contributed by atoms with Crippen molar-refractivity contribution in [3.8, 4) is 5.75 Å². The minimum Gasteiger partial charge on any atom is -0.493 e. The average molecular weight is 832 g/mol. The summed E-state index contributed by atoms with van der Waals surface area (Å²) in [5.74, 6) is 15.0. The molecular weight excluding hydrogens is 769 g/mol. The van der Waals surface area contributed by atoms with E-state index in [9.17, 15) is 26.3 Å². The van der Waals surface area contributed by atoms with Crippen LogP contribution in [0.25, 0.3) is 0 Å². The van der Waals surface area contributed by atoms with Crippen LogP contribution in [0.2, 0.25) is 0 Å². The van der Waals surface area contributed by atoms with Crippen LogP contribution in [0, 0.1) is 23.2 Å². The van der Waals surface area contributed by atoms with Crippen LogP contribution >= 0.6 is 21.6 Å². The Balaban J connectivity index is 1.14. The van der Waals surface area contributed by atoms with Gasteiger partial charge in [-0.25, -0.2) is 11.8 Å². The van der Waals surface area contributed by atoms with Gasteiger partial charge in [0.25, 0.3) is 5.60 Å². The Bertz CT molecular complexity index is 1260. The first kappa shape index (κ1) is 46.7. The summed E-state index contributed by atoms with van der Waals surface area (Å²) in [4.78, 5) is 11.8. The number of nitrogens with two attached hydrogens (primary N) is 2. The van der Waals surface area contributed by atoms with Crippen LogP contribution in [0.15, 0.2) is 18.2 Å². The number of aryl methyl sites for hydroxylation is 1. The van der Waals surface area contributed by atoms with Crippen molar-refractivity contribution in [1.82, 2.24) is 4.90 Å². The summed E-state index contributed by atoms with van der Waals surface area (Å²) >= 11 is 0. The molecule has 0 spiro atoms. The molecule has 0 radical (unpaired) electrons. The Labute approximate surface area is 331 Å². The third-order valence-corrected chi connectivity index (χ3v) is 14.6. The molecule has 0 aromatic heterocycles. The molecule has 2 fully saturated rings. The molecule has 55 heavy (non-hydrogen) atoms. The van der Waals surface area contributed by atoms with Crippen molar-refractivity contribution in [3.05, 3.63) is 29.3 Å². The minimum absolute atomic E-state index is 0.0314. The monoisotopic (exact) mass is 831 g/mol. The lowest BCUT2D eigenvalue weighted by atomic mass is 9.55. The normalized spacial score (nSPS) is 24.3. The van der Waals surface area contributed by atoms with Crippen molar-refractivity contribution in [2.24, 2.45) is 35.0 Å². The van der Waals surface area contributed by atoms with Crippen LogP contribution in [0.4, 0.5) is 26.3 Å². The summed E-state index contributed by atoms with van der Waals surface area (Å²) in [6, 6.07) is 6.58. The Morgan fingerprint density at radius 2 is 1.60 bits per heavy atom. The number of halogens is 6. The molecule has 0 heterocycles. The number of fused-ring (bicyclic) bond motifs is 5. The number of hydrogen-bond donors (Lipinski definition) is 2. The number of rotatable bonds is 25. The van der Waals surface area contributed by atoms with Gasteiger partial charge in [-0.2, -0.15) is 26.3 Å². The third-order valence-electron chi connectivity index (χ3n) is 12.2. The second-order valence-corrected chi connectivity index (χ2v) is 18.6. The summed E-state index contributed by atoms with van der Waals surface area (Å²) in [6.07, 6.45) is -3.60. The fraction of sp³-hybridized carbons (Fsp3) is 0.846. The Hall–Kier alpha value is -0.980. The van der Waals surface area contributed by atoms with Crippen molar-refractivity contribution in [3.63, 3.8) is 0 Å². The van der Waals surface area contributed by atoms with E-state index in [-0.39, 0.29) is 36.9 Å². The number of ether oxygens (including phenoxy) is 3. The van der Waals surface area contributed by atoms with E-state index in [0.717, 1.165) is 88.1 Å². The van der Waals surface area contributed by atoms with Crippen molar-refractivity contribution in [2.75, 3.05) is 64.7 Å². The fourth-order valence-electron chi connectivity index (χ4n) is 9.39. The molecule has 3 aliphatic rings. The lowest BCUT2D eigenvalue weighted by molar-refractivity contribution is -0.383. The topological polar surface area (TPSA) is 101 Å². The fourth-order valence-corrected chi connectivity index (χ4v) is 11.3. The minimum atomic E-state index is -5.55. The largest absolute Gasteiger partial charge is 0.493 e. The van der Waals surface area contributed by atoms with E-state index in [1.165, 1.54) is 18.1 Å². The zero-order chi connectivity index (χ0) is 40.1. The van der Waals surface area contributed by atoms with Crippen molar-refractivity contribution in [2.45, 2.75) is 121 Å². The molecule has 0 saturated heterocycles. The molecule has 1 aromatic rings. The molecule has 0 amide bonds. The van der Waals surface area contributed by atoms with E-state index < -0.39 is 31.0 Å². The van der Waals surface area contributed by atoms with Gasteiger partial charge in [0, 0.05) is 24.0 Å². The molecule has 318 valence electrons. The smallest absolute Gasteiger partial charge is 0.426 e. The van der Waals surface area contributed by atoms with E-state index in [1.54, 1.807) is 0 Å². The molecule has 5 atom stereocenters. The predicted molar refractivity (Wildman–Crippen MR) is 207 cm³/mol. The zero-order valence-corrected chi connectivity index (χ0v) is 34.3. The van der Waals surface area contributed by atoms with Crippen molar-refractivity contribution in [1.29, 1.82) is 0 Å². The van der Waals surface area contributed by atoms with Gasteiger partial charge >= 0.3 is 12.4 Å². The number of benzene rings is 1. The Kier molecular flexibility index (Phi) is 18.6. The summed E-state index contributed by atoms with van der Waals surface area (Å²) in [5.41, 5.74) is -1.43. The first-order valence-corrected chi connectivity index (χ1v) is 22.4. The van der Waals surface area contributed by atoms with Gasteiger partial charge in [-0.1, -0.05) is 47.9 Å². The number of hydrogen-bond acceptors (Lipinski definition) is 10. The SMILES string of the molecule is CCCC(OCCCOC1CCC2C3CCc4cc(OCCSSCCCN(C)CCCC(CON)CON)ccc4C3CCC12C)(C(F)(F)F)C(F)(F)F. The standard InChI is InChI=1S/C39H63F6N3O5S2/c1-4-16-37(38(40,41)42,39(43,44)45)51-21-7-20-50-35-14-13-34-33-11-9-29-25-30(10-12-31(29)32(33)15-17-36(34,35)2)49-22-24-55-54-23-6-19-48(3)18-5-8-28(26-52-46)27-53-47/h10,12,25,28,32-35H,4-9,11,13-24,26-27,46-47H2,1-3H3. The van der Waals surface area contributed by atoms with Gasteiger partial charge in [-0.15, -0.1) is 0 Å². The first-order chi connectivity index (χ1) is 26.2. The highest BCUT2D eigenvalue weighted by Crippen LogP contribution is 2.61. The van der Waals surface area contributed by atoms with E-state index in [0.29, 0.717) is 37.6 Å². The Morgan fingerprint density at radius 3 is 2.29 bits per heavy atom. The second kappa shape index (κ2) is 21.9. The molecular formula is C39H63F6N3O5S2. The van der Waals surface area contributed by atoms with E-state index in [2.05, 4.69) is 41.8 Å². The molecule has 3 aliphatic carbocycles. The Morgan fingerprint density at radius 1 is 0.891 bits per heavy atom.